The molecule has 0 aromatic heterocycles. The van der Waals surface area contributed by atoms with Gasteiger partial charge in [0.1, 0.15) is 0 Å². The number of hydrogen-bond acceptors (Lipinski definition) is 2. The third-order valence-corrected chi connectivity index (χ3v) is 2.13. The summed E-state index contributed by atoms with van der Waals surface area (Å²) < 4.78 is 0. The fourth-order valence-electron chi connectivity index (χ4n) is 1.20. The Labute approximate surface area is 101 Å². The lowest BCUT2D eigenvalue weighted by Crippen LogP contribution is -2.48. The van der Waals surface area contributed by atoms with Crippen molar-refractivity contribution in [2.45, 2.75) is 19.4 Å². The Hall–Kier alpha value is -1.99. The smallest absolute Gasteiger partial charge is 0.319 e. The number of urea groups is 1. The maximum Gasteiger partial charge on any atom is 0.319 e. The Bertz CT molecular complexity index is 447. The lowest BCUT2D eigenvalue weighted by Gasteiger charge is -2.23. The van der Waals surface area contributed by atoms with E-state index in [-0.39, 0.29) is 12.6 Å². The van der Waals surface area contributed by atoms with E-state index in [4.69, 9.17) is 11.5 Å². The molecule has 0 unspecified atom stereocenters. The molecule has 0 atom stereocenters. The normalized spacial score (nSPS) is 10.5. The van der Waals surface area contributed by atoms with Crippen LogP contribution < -0.4 is 10.6 Å². The summed E-state index contributed by atoms with van der Waals surface area (Å²) in [7, 11) is 0. The number of aliphatic hydroxyl groups excluding tert-OH is 1. The second-order valence-electron chi connectivity index (χ2n) is 4.35. The first-order valence-electron chi connectivity index (χ1n) is 5.23. The highest BCUT2D eigenvalue weighted by molar-refractivity contribution is 5.89. The van der Waals surface area contributed by atoms with Crippen molar-refractivity contribution in [3.05, 3.63) is 29.8 Å². The average Bonchev–Trinajstić information content (AvgIpc) is 2.28. The van der Waals surface area contributed by atoms with E-state index in [0.717, 1.165) is 0 Å². The molecule has 0 spiro atoms. The molecule has 4 heteroatoms. The van der Waals surface area contributed by atoms with Crippen LogP contribution in [0.2, 0.25) is 0 Å². The van der Waals surface area contributed by atoms with E-state index < -0.39 is 5.54 Å². The van der Waals surface area contributed by atoms with Gasteiger partial charge in [-0.25, -0.2) is 4.79 Å². The largest absolute Gasteiger partial charge is 0.394 e. The van der Waals surface area contributed by atoms with Crippen molar-refractivity contribution < 1.29 is 9.90 Å². The third-order valence-electron chi connectivity index (χ3n) is 2.13. The van der Waals surface area contributed by atoms with Crippen LogP contribution in [0.15, 0.2) is 24.3 Å². The molecule has 90 valence electrons. The lowest BCUT2D eigenvalue weighted by molar-refractivity contribution is 0.187. The Morgan fingerprint density at radius 1 is 1.53 bits per heavy atom. The van der Waals surface area contributed by atoms with E-state index >= 15 is 0 Å². The fourth-order valence-corrected chi connectivity index (χ4v) is 1.20. The van der Waals surface area contributed by atoms with Gasteiger partial charge in [0, 0.05) is 11.3 Å². The molecule has 0 saturated carbocycles. The molecule has 2 amide bonds. The standard InChI is InChI=1S/C13H16N2O2/c1-4-10-6-5-7-11(8-10)14-12(17)15-13(2,3)9-16/h1,5-8,16H,9H2,2-3H3,(H2,14,15,17). The number of aliphatic hydroxyl groups is 1. The molecule has 3 N–H and O–H groups in total. The Balaban J connectivity index is 2.66. The van der Waals surface area contributed by atoms with Gasteiger partial charge in [-0.15, -0.1) is 6.42 Å². The van der Waals surface area contributed by atoms with Gasteiger partial charge in [-0.3, -0.25) is 0 Å². The van der Waals surface area contributed by atoms with Crippen LogP contribution in [0.1, 0.15) is 19.4 Å². The number of benzene rings is 1. The maximum absolute atomic E-state index is 11.6. The van der Waals surface area contributed by atoms with Crippen molar-refractivity contribution in [1.29, 1.82) is 0 Å². The molecule has 0 heterocycles. The van der Waals surface area contributed by atoms with Crippen molar-refractivity contribution >= 4 is 11.7 Å². The summed E-state index contributed by atoms with van der Waals surface area (Å²) in [6.45, 7) is 3.32. The molecule has 0 radical (unpaired) electrons. The summed E-state index contributed by atoms with van der Waals surface area (Å²) in [6.07, 6.45) is 5.26. The number of carbonyl (C=O) groups is 1. The Morgan fingerprint density at radius 3 is 2.82 bits per heavy atom. The molecule has 4 nitrogen and oxygen atoms in total. The number of anilines is 1. The van der Waals surface area contributed by atoms with Crippen molar-refractivity contribution in [2.24, 2.45) is 0 Å². The van der Waals surface area contributed by atoms with E-state index in [1.165, 1.54) is 0 Å². The van der Waals surface area contributed by atoms with Crippen LogP contribution in [0.3, 0.4) is 0 Å². The number of nitrogens with one attached hydrogen (secondary N) is 2. The first kappa shape index (κ1) is 13.1. The number of rotatable bonds is 3. The second-order valence-corrected chi connectivity index (χ2v) is 4.35. The van der Waals surface area contributed by atoms with Crippen molar-refractivity contribution in [1.82, 2.24) is 5.32 Å². The number of terminal acetylenes is 1. The topological polar surface area (TPSA) is 61.4 Å². The molecule has 1 aromatic rings. The molecule has 1 rings (SSSR count). The van der Waals surface area contributed by atoms with Crippen molar-refractivity contribution in [3.63, 3.8) is 0 Å². The van der Waals surface area contributed by atoms with Gasteiger partial charge in [-0.05, 0) is 32.0 Å². The minimum atomic E-state index is -0.659. The quantitative estimate of drug-likeness (QED) is 0.693. The van der Waals surface area contributed by atoms with Crippen LogP contribution in [0.4, 0.5) is 10.5 Å². The van der Waals surface area contributed by atoms with E-state index in [1.807, 2.05) is 0 Å². The zero-order valence-corrected chi connectivity index (χ0v) is 9.95. The molecule has 17 heavy (non-hydrogen) atoms. The van der Waals surface area contributed by atoms with Gasteiger partial charge in [-0.2, -0.15) is 0 Å². The molecular formula is C13H16N2O2. The van der Waals surface area contributed by atoms with Crippen LogP contribution in [-0.4, -0.2) is 23.3 Å². The van der Waals surface area contributed by atoms with Gasteiger partial charge in [0.05, 0.1) is 12.1 Å². The molecule has 0 fully saturated rings. The lowest BCUT2D eigenvalue weighted by atomic mass is 10.1. The van der Waals surface area contributed by atoms with Gasteiger partial charge in [0.25, 0.3) is 0 Å². The first-order valence-corrected chi connectivity index (χ1v) is 5.23. The molecule has 0 aliphatic rings. The first-order chi connectivity index (χ1) is 7.96. The van der Waals surface area contributed by atoms with Crippen LogP contribution >= 0.6 is 0 Å². The monoisotopic (exact) mass is 232 g/mol. The van der Waals surface area contributed by atoms with Crippen LogP contribution in [0.5, 0.6) is 0 Å². The van der Waals surface area contributed by atoms with Gasteiger partial charge < -0.3 is 15.7 Å². The summed E-state index contributed by atoms with van der Waals surface area (Å²) in [5.41, 5.74) is 0.657. The SMILES string of the molecule is C#Cc1cccc(NC(=O)NC(C)(C)CO)c1. The zero-order valence-electron chi connectivity index (χ0n) is 9.95. The number of carbonyl (C=O) groups excluding carboxylic acids is 1. The summed E-state index contributed by atoms with van der Waals surface area (Å²) in [4.78, 5) is 11.6. The Kier molecular flexibility index (Phi) is 4.13. The van der Waals surface area contributed by atoms with E-state index in [1.54, 1.807) is 38.1 Å². The molecule has 1 aromatic carbocycles. The maximum atomic E-state index is 11.6. The van der Waals surface area contributed by atoms with Gasteiger partial charge >= 0.3 is 6.03 Å². The van der Waals surface area contributed by atoms with Gasteiger partial charge in [0.15, 0.2) is 0 Å². The fraction of sp³-hybridized carbons (Fsp3) is 0.308. The zero-order chi connectivity index (χ0) is 12.9. The van der Waals surface area contributed by atoms with Crippen molar-refractivity contribution in [3.8, 4) is 12.3 Å². The van der Waals surface area contributed by atoms with Gasteiger partial charge in [-0.1, -0.05) is 12.0 Å². The van der Waals surface area contributed by atoms with Crippen LogP contribution in [0.25, 0.3) is 0 Å². The van der Waals surface area contributed by atoms with E-state index in [9.17, 15) is 4.79 Å². The second kappa shape index (κ2) is 5.37. The molecule has 0 saturated heterocycles. The highest BCUT2D eigenvalue weighted by Crippen LogP contribution is 2.10. The van der Waals surface area contributed by atoms with Crippen molar-refractivity contribution in [2.75, 3.05) is 11.9 Å². The number of hydrogen-bond donors (Lipinski definition) is 3. The minimum absolute atomic E-state index is 0.134. The van der Waals surface area contributed by atoms with Crippen LogP contribution in [0, 0.1) is 12.3 Å². The van der Waals surface area contributed by atoms with E-state index in [2.05, 4.69) is 16.6 Å². The molecule has 0 aliphatic carbocycles. The summed E-state index contributed by atoms with van der Waals surface area (Å²) in [5, 5.41) is 14.3. The van der Waals surface area contributed by atoms with Crippen LogP contribution in [-0.2, 0) is 0 Å². The average molecular weight is 232 g/mol. The minimum Gasteiger partial charge on any atom is -0.394 e. The predicted molar refractivity (Wildman–Crippen MR) is 67.7 cm³/mol. The summed E-state index contributed by atoms with van der Waals surface area (Å²) in [5.74, 6) is 2.49. The van der Waals surface area contributed by atoms with Gasteiger partial charge in [0.2, 0.25) is 0 Å². The highest BCUT2D eigenvalue weighted by atomic mass is 16.3. The summed E-state index contributed by atoms with van der Waals surface area (Å²) >= 11 is 0. The highest BCUT2D eigenvalue weighted by Gasteiger charge is 2.18. The molecule has 0 aliphatic heterocycles. The van der Waals surface area contributed by atoms with E-state index in [0.29, 0.717) is 11.3 Å². The molecular weight excluding hydrogens is 216 g/mol. The predicted octanol–water partition coefficient (Wildman–Crippen LogP) is 1.56. The molecule has 0 bridgehead atoms. The number of amides is 2. The Morgan fingerprint density at radius 2 is 2.24 bits per heavy atom. The summed E-state index contributed by atoms with van der Waals surface area (Å²) in [6, 6.07) is 6.61. The third kappa shape index (κ3) is 4.17.